The summed E-state index contributed by atoms with van der Waals surface area (Å²) >= 11 is 1.56. The summed E-state index contributed by atoms with van der Waals surface area (Å²) in [6, 6.07) is 13.7. The van der Waals surface area contributed by atoms with Crippen LogP contribution in [0.1, 0.15) is 23.9 Å². The largest absolute Gasteiger partial charge is 0.491 e. The third kappa shape index (κ3) is 4.45. The van der Waals surface area contributed by atoms with E-state index in [1.807, 2.05) is 49.4 Å². The second-order valence-electron chi connectivity index (χ2n) is 5.69. The number of benzene rings is 2. The zero-order valence-electron chi connectivity index (χ0n) is 14.3. The molecule has 0 atom stereocenters. The number of aromatic nitrogens is 1. The molecule has 0 saturated carbocycles. The fourth-order valence-electron chi connectivity index (χ4n) is 2.35. The molecule has 128 valence electrons. The number of aryl methyl sites for hydroxylation is 1. The molecule has 0 aliphatic carbocycles. The first-order chi connectivity index (χ1) is 12.2. The number of para-hydroxylation sites is 1. The van der Waals surface area contributed by atoms with E-state index in [2.05, 4.69) is 17.2 Å². The van der Waals surface area contributed by atoms with Crippen molar-refractivity contribution in [2.24, 2.45) is 0 Å². The van der Waals surface area contributed by atoms with Crippen LogP contribution in [0.2, 0.25) is 0 Å². The predicted molar refractivity (Wildman–Crippen MR) is 104 cm³/mol. The van der Waals surface area contributed by atoms with Gasteiger partial charge in [0.05, 0.1) is 22.5 Å². The maximum atomic E-state index is 12.2. The van der Waals surface area contributed by atoms with E-state index in [0.717, 1.165) is 27.2 Å². The lowest BCUT2D eigenvalue weighted by Crippen LogP contribution is -2.10. The summed E-state index contributed by atoms with van der Waals surface area (Å²) in [5, 5.41) is 3.68. The molecule has 1 aromatic heterocycles. The SMILES string of the molecule is CCCOc1cc(C)ccc1NC(=O)/C=C/c1nc2ccccc2s1. The first-order valence-electron chi connectivity index (χ1n) is 8.24. The molecule has 0 radical (unpaired) electrons. The van der Waals surface area contributed by atoms with Crippen LogP contribution in [0, 0.1) is 6.92 Å². The lowest BCUT2D eigenvalue weighted by Gasteiger charge is -2.12. The summed E-state index contributed by atoms with van der Waals surface area (Å²) in [5.74, 6) is 0.494. The molecule has 3 aromatic rings. The van der Waals surface area contributed by atoms with Crippen LogP contribution in [-0.2, 0) is 4.79 Å². The van der Waals surface area contributed by atoms with Crippen molar-refractivity contribution in [2.75, 3.05) is 11.9 Å². The lowest BCUT2D eigenvalue weighted by atomic mass is 10.2. The van der Waals surface area contributed by atoms with Gasteiger partial charge in [0, 0.05) is 6.08 Å². The number of anilines is 1. The van der Waals surface area contributed by atoms with E-state index >= 15 is 0 Å². The van der Waals surface area contributed by atoms with E-state index in [1.54, 1.807) is 17.4 Å². The summed E-state index contributed by atoms with van der Waals surface area (Å²) < 4.78 is 6.83. The number of nitrogens with zero attached hydrogens (tertiary/aromatic N) is 1. The summed E-state index contributed by atoms with van der Waals surface area (Å²) in [5.41, 5.74) is 2.72. The minimum Gasteiger partial charge on any atom is -0.491 e. The Kier molecular flexibility index (Phi) is 5.46. The van der Waals surface area contributed by atoms with E-state index in [4.69, 9.17) is 4.74 Å². The van der Waals surface area contributed by atoms with Crippen molar-refractivity contribution < 1.29 is 9.53 Å². The average Bonchev–Trinajstić information content (AvgIpc) is 3.03. The highest BCUT2D eigenvalue weighted by Crippen LogP contribution is 2.26. The number of ether oxygens (including phenoxy) is 1. The maximum absolute atomic E-state index is 12.2. The zero-order valence-corrected chi connectivity index (χ0v) is 15.1. The van der Waals surface area contributed by atoms with Crippen LogP contribution in [0.5, 0.6) is 5.75 Å². The monoisotopic (exact) mass is 352 g/mol. The van der Waals surface area contributed by atoms with E-state index < -0.39 is 0 Å². The van der Waals surface area contributed by atoms with Crippen molar-refractivity contribution in [3.63, 3.8) is 0 Å². The molecule has 0 fully saturated rings. The average molecular weight is 352 g/mol. The van der Waals surface area contributed by atoms with Crippen molar-refractivity contribution in [1.82, 2.24) is 4.98 Å². The summed E-state index contributed by atoms with van der Waals surface area (Å²) in [6.45, 7) is 4.67. The van der Waals surface area contributed by atoms with Crippen molar-refractivity contribution in [1.29, 1.82) is 0 Å². The van der Waals surface area contributed by atoms with Gasteiger partial charge in [0.1, 0.15) is 10.8 Å². The van der Waals surface area contributed by atoms with Crippen LogP contribution in [0.25, 0.3) is 16.3 Å². The molecule has 0 bridgehead atoms. The number of carbonyl (C=O) groups is 1. The third-order valence-corrected chi connectivity index (χ3v) is 4.55. The molecular weight excluding hydrogens is 332 g/mol. The van der Waals surface area contributed by atoms with Crippen molar-refractivity contribution >= 4 is 39.2 Å². The van der Waals surface area contributed by atoms with Gasteiger partial charge in [-0.05, 0) is 49.2 Å². The molecule has 0 aliphatic heterocycles. The molecular formula is C20H20N2O2S. The molecule has 3 rings (SSSR count). The van der Waals surface area contributed by atoms with Gasteiger partial charge in [0.25, 0.3) is 0 Å². The lowest BCUT2D eigenvalue weighted by molar-refractivity contribution is -0.111. The number of fused-ring (bicyclic) bond motifs is 1. The highest BCUT2D eigenvalue weighted by molar-refractivity contribution is 7.19. The molecule has 0 saturated heterocycles. The summed E-state index contributed by atoms with van der Waals surface area (Å²) in [4.78, 5) is 16.7. The Balaban J connectivity index is 1.71. The van der Waals surface area contributed by atoms with Gasteiger partial charge in [-0.2, -0.15) is 0 Å². The van der Waals surface area contributed by atoms with Gasteiger partial charge in [-0.1, -0.05) is 25.1 Å². The molecule has 1 N–H and O–H groups in total. The van der Waals surface area contributed by atoms with Gasteiger partial charge >= 0.3 is 0 Å². The Labute approximate surface area is 151 Å². The van der Waals surface area contributed by atoms with Gasteiger partial charge in [0.15, 0.2) is 0 Å². The third-order valence-electron chi connectivity index (χ3n) is 3.54. The Morgan fingerprint density at radius 3 is 2.92 bits per heavy atom. The fourth-order valence-corrected chi connectivity index (χ4v) is 3.22. The van der Waals surface area contributed by atoms with Crippen molar-refractivity contribution in [3.8, 4) is 5.75 Å². The van der Waals surface area contributed by atoms with Gasteiger partial charge in [0.2, 0.25) is 5.91 Å². The molecule has 4 nitrogen and oxygen atoms in total. The summed E-state index contributed by atoms with van der Waals surface area (Å²) in [7, 11) is 0. The number of nitrogens with one attached hydrogen (secondary N) is 1. The number of amides is 1. The zero-order chi connectivity index (χ0) is 17.6. The van der Waals surface area contributed by atoms with Crippen molar-refractivity contribution in [3.05, 3.63) is 59.1 Å². The minimum absolute atomic E-state index is 0.204. The van der Waals surface area contributed by atoms with Crippen LogP contribution in [0.3, 0.4) is 0 Å². The number of carbonyl (C=O) groups excluding carboxylic acids is 1. The standard InChI is InChI=1S/C20H20N2O2S/c1-3-12-24-17-13-14(2)8-9-15(17)21-19(23)10-11-20-22-16-6-4-5-7-18(16)25-20/h4-11,13H,3,12H2,1-2H3,(H,21,23)/b11-10+. The van der Waals surface area contributed by atoms with Gasteiger partial charge < -0.3 is 10.1 Å². The van der Waals surface area contributed by atoms with Crippen LogP contribution < -0.4 is 10.1 Å². The van der Waals surface area contributed by atoms with E-state index in [-0.39, 0.29) is 5.91 Å². The second-order valence-corrected chi connectivity index (χ2v) is 6.75. The first kappa shape index (κ1) is 17.2. The van der Waals surface area contributed by atoms with E-state index in [0.29, 0.717) is 18.0 Å². The Hall–Kier alpha value is -2.66. The first-order valence-corrected chi connectivity index (χ1v) is 9.05. The van der Waals surface area contributed by atoms with Crippen LogP contribution >= 0.6 is 11.3 Å². The quantitative estimate of drug-likeness (QED) is 0.632. The van der Waals surface area contributed by atoms with Gasteiger partial charge in [-0.15, -0.1) is 11.3 Å². The normalized spacial score (nSPS) is 11.1. The maximum Gasteiger partial charge on any atom is 0.248 e. The smallest absolute Gasteiger partial charge is 0.248 e. The molecule has 0 spiro atoms. The molecule has 25 heavy (non-hydrogen) atoms. The van der Waals surface area contributed by atoms with Crippen LogP contribution in [0.4, 0.5) is 5.69 Å². The Bertz CT molecular complexity index is 882. The van der Waals surface area contributed by atoms with Gasteiger partial charge in [-0.25, -0.2) is 4.98 Å². The van der Waals surface area contributed by atoms with Crippen LogP contribution in [0.15, 0.2) is 48.5 Å². The number of thiazole rings is 1. The predicted octanol–water partition coefficient (Wildman–Crippen LogP) is 5.05. The number of rotatable bonds is 6. The Morgan fingerprint density at radius 2 is 2.12 bits per heavy atom. The van der Waals surface area contributed by atoms with E-state index in [1.165, 1.54) is 6.08 Å². The Morgan fingerprint density at radius 1 is 1.28 bits per heavy atom. The molecule has 0 aliphatic rings. The fraction of sp³-hybridized carbons (Fsp3) is 0.200. The second kappa shape index (κ2) is 7.94. The van der Waals surface area contributed by atoms with E-state index in [9.17, 15) is 4.79 Å². The topological polar surface area (TPSA) is 51.2 Å². The molecule has 1 amide bonds. The molecule has 1 heterocycles. The van der Waals surface area contributed by atoms with Crippen molar-refractivity contribution in [2.45, 2.75) is 20.3 Å². The highest BCUT2D eigenvalue weighted by Gasteiger charge is 2.07. The molecule has 0 unspecified atom stereocenters. The number of hydrogen-bond donors (Lipinski definition) is 1. The van der Waals surface area contributed by atoms with Crippen LogP contribution in [-0.4, -0.2) is 17.5 Å². The minimum atomic E-state index is -0.204. The van der Waals surface area contributed by atoms with Gasteiger partial charge in [-0.3, -0.25) is 4.79 Å². The summed E-state index contributed by atoms with van der Waals surface area (Å²) in [6.07, 6.45) is 4.15. The molecule has 2 aromatic carbocycles. The molecule has 5 heteroatoms. The number of hydrogen-bond acceptors (Lipinski definition) is 4. The highest BCUT2D eigenvalue weighted by atomic mass is 32.1.